The molecule has 3 atom stereocenters. The van der Waals surface area contributed by atoms with Crippen molar-refractivity contribution in [1.29, 1.82) is 0 Å². The summed E-state index contributed by atoms with van der Waals surface area (Å²) in [4.78, 5) is 0. The summed E-state index contributed by atoms with van der Waals surface area (Å²) >= 11 is 0. The maximum atomic E-state index is 6.46. The lowest BCUT2D eigenvalue weighted by atomic mass is 9.91. The fraction of sp³-hybridized carbons (Fsp3) is 0.154. The van der Waals surface area contributed by atoms with Crippen LogP contribution in [0.3, 0.4) is 0 Å². The summed E-state index contributed by atoms with van der Waals surface area (Å²) in [5, 5.41) is 2.44. The molecule has 30 heavy (non-hydrogen) atoms. The third-order valence-electron chi connectivity index (χ3n) is 5.78. The van der Waals surface area contributed by atoms with Crippen molar-refractivity contribution in [3.05, 3.63) is 114 Å². The van der Waals surface area contributed by atoms with Crippen molar-refractivity contribution in [2.24, 2.45) is 0 Å². The molecule has 1 heterocycles. The molecular weight excluding hydrogens is 389 g/mol. The monoisotopic (exact) mass is 413 g/mol. The predicted molar refractivity (Wildman–Crippen MR) is 123 cm³/mol. The molecule has 0 radical (unpaired) electrons. The second kappa shape index (κ2) is 8.20. The molecule has 0 aliphatic carbocycles. The van der Waals surface area contributed by atoms with Crippen LogP contribution in [-0.2, 0) is 4.52 Å². The molecule has 0 bridgehead atoms. The molecule has 1 aliphatic rings. The number of hydrogen-bond donors (Lipinski definition) is 0. The predicted octanol–water partition coefficient (Wildman–Crippen LogP) is 7.26. The van der Waals surface area contributed by atoms with Gasteiger partial charge in [-0.1, -0.05) is 91.0 Å². The van der Waals surface area contributed by atoms with Gasteiger partial charge in [0, 0.05) is 18.7 Å². The molecule has 0 aromatic heterocycles. The van der Waals surface area contributed by atoms with Gasteiger partial charge in [-0.05, 0) is 34.9 Å². The van der Waals surface area contributed by atoms with E-state index in [9.17, 15) is 0 Å². The Labute approximate surface area is 178 Å². The normalized spacial score (nSPS) is 19.8. The van der Waals surface area contributed by atoms with E-state index in [1.807, 2.05) is 0 Å². The summed E-state index contributed by atoms with van der Waals surface area (Å²) in [5.41, 5.74) is 3.69. The van der Waals surface area contributed by atoms with Crippen molar-refractivity contribution < 1.29 is 9.05 Å². The van der Waals surface area contributed by atoms with Crippen molar-refractivity contribution in [2.75, 3.05) is 7.11 Å². The first-order valence-electron chi connectivity index (χ1n) is 10.2. The fourth-order valence-corrected chi connectivity index (χ4v) is 5.87. The summed E-state index contributed by atoms with van der Waals surface area (Å²) < 4.78 is 14.8. The van der Waals surface area contributed by atoms with E-state index in [4.69, 9.17) is 9.05 Å². The molecule has 0 N–H and O–H groups in total. The molecule has 0 saturated heterocycles. The molecule has 0 amide bonds. The minimum absolute atomic E-state index is 0.0299. The SMILES string of the molecule is COP1Oc2ccc3ccccc3c2[C@H](c2ccccc2)N1[C@H](C)c1ccccc1. The Balaban J connectivity index is 1.76. The average Bonchev–Trinajstić information content (AvgIpc) is 2.83. The zero-order valence-electron chi connectivity index (χ0n) is 17.1. The quantitative estimate of drug-likeness (QED) is 0.329. The van der Waals surface area contributed by atoms with Crippen LogP contribution in [0.4, 0.5) is 0 Å². The number of rotatable bonds is 4. The highest BCUT2D eigenvalue weighted by Crippen LogP contribution is 2.60. The highest BCUT2D eigenvalue weighted by Gasteiger charge is 2.42. The van der Waals surface area contributed by atoms with Crippen LogP contribution >= 0.6 is 8.53 Å². The minimum atomic E-state index is -1.27. The second-order valence-electron chi connectivity index (χ2n) is 7.49. The van der Waals surface area contributed by atoms with E-state index in [1.165, 1.54) is 27.5 Å². The van der Waals surface area contributed by atoms with Gasteiger partial charge in [0.1, 0.15) is 5.75 Å². The van der Waals surface area contributed by atoms with Crippen LogP contribution in [0, 0.1) is 0 Å². The van der Waals surface area contributed by atoms with E-state index in [-0.39, 0.29) is 12.1 Å². The molecule has 4 heteroatoms. The third-order valence-corrected chi connectivity index (χ3v) is 7.40. The Morgan fingerprint density at radius 3 is 2.23 bits per heavy atom. The van der Waals surface area contributed by atoms with Gasteiger partial charge in [-0.2, -0.15) is 0 Å². The van der Waals surface area contributed by atoms with Gasteiger partial charge in [-0.25, -0.2) is 4.67 Å². The summed E-state index contributed by atoms with van der Waals surface area (Å²) in [6.07, 6.45) is 0. The number of nitrogens with zero attached hydrogens (tertiary/aromatic N) is 1. The molecule has 1 unspecified atom stereocenters. The zero-order valence-corrected chi connectivity index (χ0v) is 18.0. The van der Waals surface area contributed by atoms with E-state index in [2.05, 4.69) is 109 Å². The van der Waals surface area contributed by atoms with Gasteiger partial charge in [0.15, 0.2) is 0 Å². The van der Waals surface area contributed by atoms with Gasteiger partial charge < -0.3 is 9.05 Å². The van der Waals surface area contributed by atoms with Crippen LogP contribution in [0.1, 0.15) is 35.7 Å². The fourth-order valence-electron chi connectivity index (χ4n) is 4.33. The lowest BCUT2D eigenvalue weighted by Crippen LogP contribution is -2.33. The highest BCUT2D eigenvalue weighted by atomic mass is 31.2. The second-order valence-corrected chi connectivity index (χ2v) is 8.98. The summed E-state index contributed by atoms with van der Waals surface area (Å²) in [6.45, 7) is 2.24. The van der Waals surface area contributed by atoms with Crippen LogP contribution in [0.15, 0.2) is 97.1 Å². The Hall–Kier alpha value is -2.71. The molecule has 5 rings (SSSR count). The third kappa shape index (κ3) is 3.30. The van der Waals surface area contributed by atoms with Crippen molar-refractivity contribution in [3.63, 3.8) is 0 Å². The highest BCUT2D eigenvalue weighted by molar-refractivity contribution is 7.45. The van der Waals surface area contributed by atoms with Crippen LogP contribution in [0.5, 0.6) is 5.75 Å². The first kappa shape index (κ1) is 19.3. The standard InChI is InChI=1S/C26H24NO2P/c1-19(20-11-5-3-6-12-20)27-26(22-14-7-4-8-15-22)25-23-16-10-9-13-21(23)17-18-24(25)29-30(27)28-2/h3-19,26H,1-2H3/t19-,26+,30?/m1/s1. The molecule has 3 nitrogen and oxygen atoms in total. The molecule has 4 aromatic rings. The number of benzene rings is 4. The maximum absolute atomic E-state index is 6.46. The molecule has 1 aliphatic heterocycles. The lowest BCUT2D eigenvalue weighted by Gasteiger charge is -2.44. The van der Waals surface area contributed by atoms with Crippen molar-refractivity contribution in [2.45, 2.75) is 19.0 Å². The summed E-state index contributed by atoms with van der Waals surface area (Å²) in [5.74, 6) is 0.909. The molecular formula is C26H24NO2P. The average molecular weight is 413 g/mol. The Morgan fingerprint density at radius 1 is 0.833 bits per heavy atom. The van der Waals surface area contributed by atoms with E-state index in [0.717, 1.165) is 5.75 Å². The van der Waals surface area contributed by atoms with E-state index in [1.54, 1.807) is 7.11 Å². The van der Waals surface area contributed by atoms with Gasteiger partial charge >= 0.3 is 8.53 Å². The zero-order chi connectivity index (χ0) is 20.5. The Bertz CT molecular complexity index is 1150. The molecule has 150 valence electrons. The molecule has 0 spiro atoms. The van der Waals surface area contributed by atoms with Crippen molar-refractivity contribution >= 4 is 19.3 Å². The van der Waals surface area contributed by atoms with E-state index >= 15 is 0 Å². The van der Waals surface area contributed by atoms with Gasteiger partial charge in [0.2, 0.25) is 0 Å². The van der Waals surface area contributed by atoms with Gasteiger partial charge in [0.05, 0.1) is 6.04 Å². The largest absolute Gasteiger partial charge is 0.435 e. The smallest absolute Gasteiger partial charge is 0.322 e. The van der Waals surface area contributed by atoms with Crippen LogP contribution in [-0.4, -0.2) is 11.8 Å². The Kier molecular flexibility index (Phi) is 5.26. The number of hydrogen-bond acceptors (Lipinski definition) is 3. The summed E-state index contributed by atoms with van der Waals surface area (Å²) in [6, 6.07) is 34.2. The van der Waals surface area contributed by atoms with E-state index < -0.39 is 8.53 Å². The van der Waals surface area contributed by atoms with Crippen molar-refractivity contribution in [3.8, 4) is 5.75 Å². The van der Waals surface area contributed by atoms with Gasteiger partial charge in [-0.3, -0.25) is 0 Å². The molecule has 4 aromatic carbocycles. The van der Waals surface area contributed by atoms with E-state index in [0.29, 0.717) is 0 Å². The topological polar surface area (TPSA) is 21.7 Å². The summed E-state index contributed by atoms with van der Waals surface area (Å²) in [7, 11) is 0.473. The lowest BCUT2D eigenvalue weighted by molar-refractivity contribution is 0.219. The first-order valence-corrected chi connectivity index (χ1v) is 11.3. The van der Waals surface area contributed by atoms with Gasteiger partial charge in [-0.15, -0.1) is 0 Å². The van der Waals surface area contributed by atoms with Gasteiger partial charge in [0.25, 0.3) is 0 Å². The maximum Gasteiger partial charge on any atom is 0.322 e. The minimum Gasteiger partial charge on any atom is -0.435 e. The molecule has 0 saturated carbocycles. The van der Waals surface area contributed by atoms with Crippen LogP contribution < -0.4 is 4.52 Å². The van der Waals surface area contributed by atoms with Crippen LogP contribution in [0.25, 0.3) is 10.8 Å². The molecule has 0 fully saturated rings. The first-order chi connectivity index (χ1) is 14.8. The van der Waals surface area contributed by atoms with Crippen molar-refractivity contribution in [1.82, 2.24) is 4.67 Å². The Morgan fingerprint density at radius 2 is 1.50 bits per heavy atom. The van der Waals surface area contributed by atoms with Crippen LogP contribution in [0.2, 0.25) is 0 Å². The number of fused-ring (bicyclic) bond motifs is 3.